The topological polar surface area (TPSA) is 54.9 Å². The Labute approximate surface area is 149 Å². The molecular formula is C21H16FN3O. The molecule has 0 bridgehead atoms. The molecule has 0 saturated heterocycles. The summed E-state index contributed by atoms with van der Waals surface area (Å²) in [5.41, 5.74) is 1.90. The second-order valence-corrected chi connectivity index (χ2v) is 6.18. The zero-order chi connectivity index (χ0) is 18.1. The number of hydrogen-bond donors (Lipinski definition) is 1. The van der Waals surface area contributed by atoms with Crippen molar-refractivity contribution in [1.29, 1.82) is 0 Å². The van der Waals surface area contributed by atoms with Crippen LogP contribution in [-0.4, -0.2) is 15.9 Å². The Kier molecular flexibility index (Phi) is 4.05. The predicted molar refractivity (Wildman–Crippen MR) is 99.3 cm³/mol. The molecule has 0 aliphatic rings. The Hall–Kier alpha value is -3.34. The molecule has 4 aromatic rings. The van der Waals surface area contributed by atoms with Crippen LogP contribution >= 0.6 is 0 Å². The fraction of sp³-hybridized carbons (Fsp3) is 0.0952. The molecule has 0 radical (unpaired) electrons. The molecule has 1 heterocycles. The molecule has 0 aliphatic carbocycles. The maximum absolute atomic E-state index is 13.8. The maximum atomic E-state index is 13.8. The normalized spacial score (nSPS) is 12.2. The quantitative estimate of drug-likeness (QED) is 0.598. The van der Waals surface area contributed by atoms with E-state index in [1.165, 1.54) is 24.5 Å². The highest BCUT2D eigenvalue weighted by atomic mass is 19.1. The SMILES string of the molecule is CC(NC(=O)c1cc(F)cc2nccnc12)c1ccc2ccccc2c1. The van der Waals surface area contributed by atoms with Crippen LogP contribution in [0, 0.1) is 5.82 Å². The summed E-state index contributed by atoms with van der Waals surface area (Å²) >= 11 is 0. The minimum atomic E-state index is -0.512. The Bertz CT molecular complexity index is 1130. The minimum absolute atomic E-state index is 0.181. The number of benzene rings is 3. The zero-order valence-electron chi connectivity index (χ0n) is 14.1. The zero-order valence-corrected chi connectivity index (χ0v) is 14.1. The van der Waals surface area contributed by atoms with Gasteiger partial charge in [-0.3, -0.25) is 14.8 Å². The summed E-state index contributed by atoms with van der Waals surface area (Å²) in [6.45, 7) is 1.90. The average Bonchev–Trinajstić information content (AvgIpc) is 2.66. The van der Waals surface area contributed by atoms with Gasteiger partial charge in [0.05, 0.1) is 17.1 Å². The Morgan fingerprint density at radius 3 is 2.62 bits per heavy atom. The number of amides is 1. The molecule has 0 saturated carbocycles. The van der Waals surface area contributed by atoms with Crippen LogP contribution < -0.4 is 5.32 Å². The first-order valence-electron chi connectivity index (χ1n) is 8.31. The van der Waals surface area contributed by atoms with Crippen LogP contribution in [0.2, 0.25) is 0 Å². The number of nitrogens with zero attached hydrogens (tertiary/aromatic N) is 2. The lowest BCUT2D eigenvalue weighted by Crippen LogP contribution is -2.27. The van der Waals surface area contributed by atoms with E-state index in [-0.39, 0.29) is 17.5 Å². The molecule has 0 spiro atoms. The van der Waals surface area contributed by atoms with Crippen molar-refractivity contribution in [3.8, 4) is 0 Å². The van der Waals surface area contributed by atoms with Crippen LogP contribution in [0.5, 0.6) is 0 Å². The highest BCUT2D eigenvalue weighted by Crippen LogP contribution is 2.22. The fourth-order valence-electron chi connectivity index (χ4n) is 3.05. The van der Waals surface area contributed by atoms with Crippen LogP contribution in [0.1, 0.15) is 28.9 Å². The first-order valence-corrected chi connectivity index (χ1v) is 8.31. The Morgan fingerprint density at radius 2 is 1.77 bits per heavy atom. The van der Waals surface area contributed by atoms with Gasteiger partial charge in [0.1, 0.15) is 11.3 Å². The van der Waals surface area contributed by atoms with Crippen molar-refractivity contribution >= 4 is 27.7 Å². The molecule has 4 nitrogen and oxygen atoms in total. The van der Waals surface area contributed by atoms with Crippen molar-refractivity contribution in [2.24, 2.45) is 0 Å². The van der Waals surface area contributed by atoms with Gasteiger partial charge < -0.3 is 5.32 Å². The third kappa shape index (κ3) is 2.99. The molecule has 0 fully saturated rings. The molecule has 26 heavy (non-hydrogen) atoms. The minimum Gasteiger partial charge on any atom is -0.345 e. The molecular weight excluding hydrogens is 329 g/mol. The number of rotatable bonds is 3. The molecule has 5 heteroatoms. The van der Waals surface area contributed by atoms with E-state index in [1.807, 2.05) is 49.4 Å². The smallest absolute Gasteiger partial charge is 0.254 e. The van der Waals surface area contributed by atoms with Crippen LogP contribution in [0.15, 0.2) is 67.0 Å². The molecule has 0 aliphatic heterocycles. The van der Waals surface area contributed by atoms with E-state index in [2.05, 4.69) is 15.3 Å². The number of halogens is 1. The van der Waals surface area contributed by atoms with Crippen LogP contribution in [0.3, 0.4) is 0 Å². The predicted octanol–water partition coefficient (Wildman–Crippen LogP) is 4.41. The van der Waals surface area contributed by atoms with Crippen molar-refractivity contribution < 1.29 is 9.18 Å². The van der Waals surface area contributed by atoms with Gasteiger partial charge in [0.2, 0.25) is 0 Å². The van der Waals surface area contributed by atoms with E-state index in [0.29, 0.717) is 11.0 Å². The van der Waals surface area contributed by atoms with Crippen molar-refractivity contribution in [2.45, 2.75) is 13.0 Å². The van der Waals surface area contributed by atoms with Gasteiger partial charge in [0.15, 0.2) is 0 Å². The highest BCUT2D eigenvalue weighted by Gasteiger charge is 2.17. The summed E-state index contributed by atoms with van der Waals surface area (Å²) in [6, 6.07) is 16.3. The first kappa shape index (κ1) is 16.1. The number of hydrogen-bond acceptors (Lipinski definition) is 3. The van der Waals surface area contributed by atoms with Gasteiger partial charge in [-0.2, -0.15) is 0 Å². The lowest BCUT2D eigenvalue weighted by Gasteiger charge is -2.16. The summed E-state index contributed by atoms with van der Waals surface area (Å²) in [5, 5.41) is 5.17. The number of fused-ring (bicyclic) bond motifs is 2. The van der Waals surface area contributed by atoms with Crippen molar-refractivity contribution in [3.05, 3.63) is 83.9 Å². The van der Waals surface area contributed by atoms with Crippen LogP contribution in [-0.2, 0) is 0 Å². The molecule has 1 amide bonds. The molecule has 1 atom stereocenters. The number of carbonyl (C=O) groups excluding carboxylic acids is 1. The van der Waals surface area contributed by atoms with Gasteiger partial charge in [0.25, 0.3) is 5.91 Å². The van der Waals surface area contributed by atoms with Gasteiger partial charge in [-0.05, 0) is 35.4 Å². The molecule has 1 unspecified atom stereocenters. The number of nitrogens with one attached hydrogen (secondary N) is 1. The van der Waals surface area contributed by atoms with E-state index < -0.39 is 5.82 Å². The summed E-state index contributed by atoms with van der Waals surface area (Å²) in [5.74, 6) is -0.892. The fourth-order valence-corrected chi connectivity index (χ4v) is 3.05. The van der Waals surface area contributed by atoms with E-state index in [1.54, 1.807) is 0 Å². The van der Waals surface area contributed by atoms with E-state index in [0.717, 1.165) is 16.3 Å². The average molecular weight is 345 g/mol. The van der Waals surface area contributed by atoms with Crippen molar-refractivity contribution in [1.82, 2.24) is 15.3 Å². The van der Waals surface area contributed by atoms with Crippen LogP contribution in [0.4, 0.5) is 4.39 Å². The highest BCUT2D eigenvalue weighted by molar-refractivity contribution is 6.04. The van der Waals surface area contributed by atoms with Crippen LogP contribution in [0.25, 0.3) is 21.8 Å². The lowest BCUT2D eigenvalue weighted by molar-refractivity contribution is 0.0941. The van der Waals surface area contributed by atoms with Gasteiger partial charge >= 0.3 is 0 Å². The monoisotopic (exact) mass is 345 g/mol. The third-order valence-electron chi connectivity index (χ3n) is 4.40. The third-order valence-corrected chi connectivity index (χ3v) is 4.40. The largest absolute Gasteiger partial charge is 0.345 e. The summed E-state index contributed by atoms with van der Waals surface area (Å²) in [6.07, 6.45) is 2.96. The lowest BCUT2D eigenvalue weighted by atomic mass is 10.0. The van der Waals surface area contributed by atoms with E-state index in [9.17, 15) is 9.18 Å². The first-order chi connectivity index (χ1) is 12.6. The van der Waals surface area contributed by atoms with E-state index in [4.69, 9.17) is 0 Å². The van der Waals surface area contributed by atoms with Crippen molar-refractivity contribution in [3.63, 3.8) is 0 Å². The van der Waals surface area contributed by atoms with Gasteiger partial charge in [-0.15, -0.1) is 0 Å². The number of carbonyl (C=O) groups is 1. The molecule has 128 valence electrons. The van der Waals surface area contributed by atoms with Crippen molar-refractivity contribution in [2.75, 3.05) is 0 Å². The summed E-state index contributed by atoms with van der Waals surface area (Å²) in [4.78, 5) is 21.0. The van der Waals surface area contributed by atoms with Gasteiger partial charge in [0, 0.05) is 18.5 Å². The summed E-state index contributed by atoms with van der Waals surface area (Å²) < 4.78 is 13.8. The standard InChI is InChI=1S/C21H16FN3O/c1-13(15-7-6-14-4-2-3-5-16(14)10-15)25-21(26)18-11-17(22)12-19-20(18)24-9-8-23-19/h2-13H,1H3,(H,25,26). The molecule has 3 aromatic carbocycles. The second kappa shape index (κ2) is 6.52. The molecule has 1 aromatic heterocycles. The second-order valence-electron chi connectivity index (χ2n) is 6.18. The van der Waals surface area contributed by atoms with E-state index >= 15 is 0 Å². The Balaban J connectivity index is 1.65. The Morgan fingerprint density at radius 1 is 1.00 bits per heavy atom. The molecule has 4 rings (SSSR count). The molecule has 1 N–H and O–H groups in total. The van der Waals surface area contributed by atoms with Gasteiger partial charge in [-0.25, -0.2) is 4.39 Å². The van der Waals surface area contributed by atoms with Gasteiger partial charge in [-0.1, -0.05) is 36.4 Å². The number of aromatic nitrogens is 2. The maximum Gasteiger partial charge on any atom is 0.254 e. The summed E-state index contributed by atoms with van der Waals surface area (Å²) in [7, 11) is 0.